The molecule has 2 heterocycles. The van der Waals surface area contributed by atoms with Gasteiger partial charge in [-0.05, 0) is 55.8 Å². The number of piperazine rings is 1. The van der Waals surface area contributed by atoms with Crippen LogP contribution in [0.2, 0.25) is 0 Å². The number of fused-ring (bicyclic) bond motifs is 1. The highest BCUT2D eigenvalue weighted by Gasteiger charge is 2.29. The molecule has 1 saturated heterocycles. The van der Waals surface area contributed by atoms with E-state index in [4.69, 9.17) is 4.98 Å². The SMILES string of the molecule is CC(=O)N1CC[NH+]([C@@H](C)C(=O)Nc2ccc(-c3nc4ccc(C)cc4s3)cc2)CC1. The van der Waals surface area contributed by atoms with E-state index in [9.17, 15) is 9.59 Å². The number of nitrogens with one attached hydrogen (secondary N) is 2. The zero-order valence-electron chi connectivity index (χ0n) is 17.6. The van der Waals surface area contributed by atoms with Crippen molar-refractivity contribution in [2.75, 3.05) is 31.5 Å². The Balaban J connectivity index is 1.39. The van der Waals surface area contributed by atoms with Gasteiger partial charge in [0.15, 0.2) is 6.04 Å². The second-order valence-electron chi connectivity index (χ2n) is 7.94. The van der Waals surface area contributed by atoms with Crippen LogP contribution < -0.4 is 10.2 Å². The molecule has 1 aliphatic heterocycles. The Kier molecular flexibility index (Phi) is 5.83. The number of thiazole rings is 1. The fraction of sp³-hybridized carbons (Fsp3) is 0.348. The largest absolute Gasteiger partial charge is 0.332 e. The van der Waals surface area contributed by atoms with Crippen molar-refractivity contribution in [3.05, 3.63) is 48.0 Å². The van der Waals surface area contributed by atoms with Crippen LogP contribution in [-0.4, -0.2) is 53.9 Å². The molecule has 0 unspecified atom stereocenters. The minimum Gasteiger partial charge on any atom is -0.332 e. The molecule has 30 heavy (non-hydrogen) atoms. The number of carbonyl (C=O) groups is 2. The molecule has 1 aromatic heterocycles. The van der Waals surface area contributed by atoms with Gasteiger partial charge >= 0.3 is 0 Å². The number of hydrogen-bond donors (Lipinski definition) is 2. The minimum absolute atomic E-state index is 0.00415. The summed E-state index contributed by atoms with van der Waals surface area (Å²) in [6.45, 7) is 8.64. The first-order chi connectivity index (χ1) is 14.4. The van der Waals surface area contributed by atoms with Crippen molar-refractivity contribution in [1.29, 1.82) is 0 Å². The third kappa shape index (κ3) is 4.37. The Labute approximate surface area is 180 Å². The molecule has 0 aliphatic carbocycles. The Morgan fingerprint density at radius 3 is 2.50 bits per heavy atom. The maximum atomic E-state index is 12.7. The molecule has 4 rings (SSSR count). The van der Waals surface area contributed by atoms with E-state index in [1.807, 2.05) is 36.1 Å². The van der Waals surface area contributed by atoms with E-state index in [2.05, 4.69) is 30.4 Å². The Bertz CT molecular complexity index is 1070. The van der Waals surface area contributed by atoms with Gasteiger partial charge in [-0.1, -0.05) is 6.07 Å². The standard InChI is InChI=1S/C23H26N4O2S/c1-15-4-9-20-21(14-15)30-23(25-20)18-5-7-19(8-6-18)24-22(29)16(2)26-10-12-27(13-11-26)17(3)28/h4-9,14,16H,10-13H2,1-3H3,(H,24,29)/p+1/t16-/m0/s1. The average Bonchev–Trinajstić information content (AvgIpc) is 3.17. The number of rotatable bonds is 4. The predicted molar refractivity (Wildman–Crippen MR) is 121 cm³/mol. The zero-order valence-corrected chi connectivity index (χ0v) is 18.4. The molecule has 6 nitrogen and oxygen atoms in total. The molecule has 0 radical (unpaired) electrons. The van der Waals surface area contributed by atoms with Crippen LogP contribution in [0.4, 0.5) is 5.69 Å². The number of aryl methyl sites for hydroxylation is 1. The van der Waals surface area contributed by atoms with Crippen LogP contribution in [0.25, 0.3) is 20.8 Å². The number of carbonyl (C=O) groups excluding carboxylic acids is 2. The number of quaternary nitrogens is 1. The number of benzene rings is 2. The van der Waals surface area contributed by atoms with Gasteiger partial charge in [-0.2, -0.15) is 0 Å². The van der Waals surface area contributed by atoms with E-state index >= 15 is 0 Å². The van der Waals surface area contributed by atoms with Gasteiger partial charge in [0.1, 0.15) is 5.01 Å². The summed E-state index contributed by atoms with van der Waals surface area (Å²) >= 11 is 1.68. The molecule has 7 heteroatoms. The van der Waals surface area contributed by atoms with Gasteiger partial charge < -0.3 is 15.1 Å². The van der Waals surface area contributed by atoms with E-state index in [1.54, 1.807) is 18.3 Å². The first kappa shape index (κ1) is 20.5. The number of hydrogen-bond acceptors (Lipinski definition) is 4. The fourth-order valence-electron chi connectivity index (χ4n) is 3.83. The van der Waals surface area contributed by atoms with Crippen LogP contribution >= 0.6 is 11.3 Å². The summed E-state index contributed by atoms with van der Waals surface area (Å²) in [5.41, 5.74) is 4.08. The van der Waals surface area contributed by atoms with Crippen molar-refractivity contribution in [2.24, 2.45) is 0 Å². The summed E-state index contributed by atoms with van der Waals surface area (Å²) in [6.07, 6.45) is 0. The Hall–Kier alpha value is -2.77. The summed E-state index contributed by atoms with van der Waals surface area (Å²) in [4.78, 5) is 32.0. The Morgan fingerprint density at radius 2 is 1.83 bits per heavy atom. The van der Waals surface area contributed by atoms with Gasteiger partial charge in [-0.3, -0.25) is 9.59 Å². The van der Waals surface area contributed by atoms with Gasteiger partial charge in [0.2, 0.25) is 5.91 Å². The molecule has 3 aromatic rings. The first-order valence-electron chi connectivity index (χ1n) is 10.3. The van der Waals surface area contributed by atoms with Crippen LogP contribution in [0.3, 0.4) is 0 Å². The zero-order chi connectivity index (χ0) is 21.3. The summed E-state index contributed by atoms with van der Waals surface area (Å²) in [7, 11) is 0. The van der Waals surface area contributed by atoms with Crippen molar-refractivity contribution in [3.63, 3.8) is 0 Å². The second kappa shape index (κ2) is 8.53. The molecule has 0 bridgehead atoms. The summed E-state index contributed by atoms with van der Waals surface area (Å²) in [5, 5.41) is 4.01. The molecule has 156 valence electrons. The normalized spacial score (nSPS) is 15.9. The number of anilines is 1. The van der Waals surface area contributed by atoms with E-state index in [-0.39, 0.29) is 17.9 Å². The average molecular weight is 424 g/mol. The van der Waals surface area contributed by atoms with Gasteiger partial charge in [-0.25, -0.2) is 4.98 Å². The molecule has 2 N–H and O–H groups in total. The highest BCUT2D eigenvalue weighted by Crippen LogP contribution is 2.31. The fourth-order valence-corrected chi connectivity index (χ4v) is 4.90. The van der Waals surface area contributed by atoms with E-state index in [1.165, 1.54) is 15.2 Å². The smallest absolute Gasteiger partial charge is 0.282 e. The number of amides is 2. The third-order valence-electron chi connectivity index (χ3n) is 5.80. The van der Waals surface area contributed by atoms with E-state index < -0.39 is 0 Å². The molecule has 1 atom stereocenters. The van der Waals surface area contributed by atoms with Crippen LogP contribution in [0.1, 0.15) is 19.4 Å². The van der Waals surface area contributed by atoms with Crippen LogP contribution in [0, 0.1) is 6.92 Å². The van der Waals surface area contributed by atoms with Crippen molar-refractivity contribution >= 4 is 39.1 Å². The molecular formula is C23H27N4O2S+. The molecule has 2 aromatic carbocycles. The van der Waals surface area contributed by atoms with Gasteiger partial charge in [0.05, 0.1) is 36.4 Å². The first-order valence-corrected chi connectivity index (χ1v) is 11.1. The summed E-state index contributed by atoms with van der Waals surface area (Å²) in [6, 6.07) is 14.0. The lowest BCUT2D eigenvalue weighted by Crippen LogP contribution is -3.19. The third-order valence-corrected chi connectivity index (χ3v) is 6.87. The molecule has 1 aliphatic rings. The van der Waals surface area contributed by atoms with Crippen molar-refractivity contribution in [3.8, 4) is 10.6 Å². The minimum atomic E-state index is -0.161. The van der Waals surface area contributed by atoms with E-state index in [0.717, 1.165) is 34.9 Å². The summed E-state index contributed by atoms with van der Waals surface area (Å²) < 4.78 is 1.18. The van der Waals surface area contributed by atoms with E-state index in [0.29, 0.717) is 13.1 Å². The van der Waals surface area contributed by atoms with Gasteiger partial charge in [0, 0.05) is 18.2 Å². The molecule has 0 spiro atoms. The number of nitrogens with zero attached hydrogens (tertiary/aromatic N) is 2. The second-order valence-corrected chi connectivity index (χ2v) is 8.97. The lowest BCUT2D eigenvalue weighted by molar-refractivity contribution is -0.917. The lowest BCUT2D eigenvalue weighted by atomic mass is 10.2. The highest BCUT2D eigenvalue weighted by molar-refractivity contribution is 7.21. The van der Waals surface area contributed by atoms with Gasteiger partial charge in [0.25, 0.3) is 5.91 Å². The lowest BCUT2D eigenvalue weighted by Gasteiger charge is -2.34. The molecule has 1 fully saturated rings. The van der Waals surface area contributed by atoms with Gasteiger partial charge in [-0.15, -0.1) is 11.3 Å². The Morgan fingerprint density at radius 1 is 1.13 bits per heavy atom. The monoisotopic (exact) mass is 423 g/mol. The molecule has 2 amide bonds. The summed E-state index contributed by atoms with van der Waals surface area (Å²) in [5.74, 6) is 0.110. The maximum Gasteiger partial charge on any atom is 0.282 e. The highest BCUT2D eigenvalue weighted by atomic mass is 32.1. The molecule has 0 saturated carbocycles. The molecular weight excluding hydrogens is 396 g/mol. The topological polar surface area (TPSA) is 66.7 Å². The maximum absolute atomic E-state index is 12.7. The van der Waals surface area contributed by atoms with Crippen LogP contribution in [0.15, 0.2) is 42.5 Å². The van der Waals surface area contributed by atoms with Crippen molar-refractivity contribution in [2.45, 2.75) is 26.8 Å². The number of aromatic nitrogens is 1. The van der Waals surface area contributed by atoms with Crippen molar-refractivity contribution in [1.82, 2.24) is 9.88 Å². The van der Waals surface area contributed by atoms with Crippen LogP contribution in [0.5, 0.6) is 0 Å². The predicted octanol–water partition coefficient (Wildman–Crippen LogP) is 2.35. The van der Waals surface area contributed by atoms with Crippen LogP contribution in [-0.2, 0) is 9.59 Å². The quantitative estimate of drug-likeness (QED) is 0.677. The van der Waals surface area contributed by atoms with Crippen molar-refractivity contribution < 1.29 is 14.5 Å².